The van der Waals surface area contributed by atoms with Crippen LogP contribution < -0.4 is 10.6 Å². The zero-order chi connectivity index (χ0) is 19.2. The van der Waals surface area contributed by atoms with E-state index >= 15 is 0 Å². The third-order valence-electron chi connectivity index (χ3n) is 4.26. The monoisotopic (exact) mass is 374 g/mol. The molecule has 1 aliphatic carbocycles. The molecular weight excluding hydrogens is 353 g/mol. The molecule has 0 saturated heterocycles. The quantitative estimate of drug-likeness (QED) is 0.666. The van der Waals surface area contributed by atoms with Gasteiger partial charge in [-0.25, -0.2) is 0 Å². The van der Waals surface area contributed by atoms with Gasteiger partial charge in [-0.05, 0) is 37.1 Å². The second kappa shape index (κ2) is 8.50. The van der Waals surface area contributed by atoms with Crippen LogP contribution in [0.3, 0.4) is 0 Å². The number of rotatable bonds is 6. The number of carbonyl (C=O) groups excluding carboxylic acids is 2. The van der Waals surface area contributed by atoms with Crippen LogP contribution in [0.5, 0.6) is 0 Å². The van der Waals surface area contributed by atoms with Crippen LogP contribution in [-0.2, 0) is 20.5 Å². The van der Waals surface area contributed by atoms with Gasteiger partial charge in [0.2, 0.25) is 0 Å². The number of benzene rings is 1. The van der Waals surface area contributed by atoms with Crippen LogP contribution in [0.15, 0.2) is 24.3 Å². The molecule has 26 heavy (non-hydrogen) atoms. The molecule has 6 nitrogen and oxygen atoms in total. The van der Waals surface area contributed by atoms with Crippen LogP contribution in [0.25, 0.3) is 0 Å². The van der Waals surface area contributed by atoms with E-state index in [-0.39, 0.29) is 25.4 Å². The SMILES string of the molecule is O=C(NCC1(OCCO)CCCC1)C(=O)Nc1ccc(C(F)(F)F)cc1. The first kappa shape index (κ1) is 20.2. The maximum atomic E-state index is 12.5. The largest absolute Gasteiger partial charge is 0.416 e. The molecule has 1 aromatic rings. The highest BCUT2D eigenvalue weighted by molar-refractivity contribution is 6.39. The molecule has 1 aliphatic rings. The molecule has 0 radical (unpaired) electrons. The van der Waals surface area contributed by atoms with Gasteiger partial charge in [0.05, 0.1) is 24.4 Å². The van der Waals surface area contributed by atoms with Gasteiger partial charge in [-0.3, -0.25) is 9.59 Å². The van der Waals surface area contributed by atoms with Crippen molar-refractivity contribution in [2.24, 2.45) is 0 Å². The summed E-state index contributed by atoms with van der Waals surface area (Å²) in [6.45, 7) is 0.143. The van der Waals surface area contributed by atoms with Crippen molar-refractivity contribution in [3.63, 3.8) is 0 Å². The van der Waals surface area contributed by atoms with Crippen LogP contribution in [0.2, 0.25) is 0 Å². The number of amides is 2. The van der Waals surface area contributed by atoms with Crippen molar-refractivity contribution in [2.75, 3.05) is 25.1 Å². The van der Waals surface area contributed by atoms with Crippen LogP contribution in [0.1, 0.15) is 31.2 Å². The fraction of sp³-hybridized carbons (Fsp3) is 0.529. The minimum atomic E-state index is -4.47. The molecule has 2 rings (SSSR count). The number of hydrogen-bond donors (Lipinski definition) is 3. The number of alkyl halides is 3. The number of anilines is 1. The second-order valence-electron chi connectivity index (χ2n) is 6.17. The van der Waals surface area contributed by atoms with Gasteiger partial charge in [0.25, 0.3) is 0 Å². The Morgan fingerprint density at radius 3 is 2.27 bits per heavy atom. The number of hydrogen-bond acceptors (Lipinski definition) is 4. The third-order valence-corrected chi connectivity index (χ3v) is 4.26. The molecule has 0 heterocycles. The van der Waals surface area contributed by atoms with Gasteiger partial charge in [-0.1, -0.05) is 12.8 Å². The molecular formula is C17H21F3N2O4. The normalized spacial score (nSPS) is 16.3. The summed E-state index contributed by atoms with van der Waals surface area (Å²) < 4.78 is 43.1. The molecule has 144 valence electrons. The summed E-state index contributed by atoms with van der Waals surface area (Å²) in [4.78, 5) is 23.8. The van der Waals surface area contributed by atoms with Crippen molar-refractivity contribution in [2.45, 2.75) is 37.5 Å². The Morgan fingerprint density at radius 2 is 1.73 bits per heavy atom. The lowest BCUT2D eigenvalue weighted by Crippen LogP contribution is -2.46. The Morgan fingerprint density at radius 1 is 1.12 bits per heavy atom. The number of halogens is 3. The zero-order valence-corrected chi connectivity index (χ0v) is 14.1. The van der Waals surface area contributed by atoms with Crippen molar-refractivity contribution in [3.05, 3.63) is 29.8 Å². The predicted molar refractivity (Wildman–Crippen MR) is 87.3 cm³/mol. The summed E-state index contributed by atoms with van der Waals surface area (Å²) in [5, 5.41) is 13.6. The van der Waals surface area contributed by atoms with E-state index in [0.717, 1.165) is 37.1 Å². The minimum Gasteiger partial charge on any atom is -0.394 e. The number of aliphatic hydroxyl groups is 1. The summed E-state index contributed by atoms with van der Waals surface area (Å²) in [5.41, 5.74) is -1.35. The van der Waals surface area contributed by atoms with Crippen LogP contribution in [0, 0.1) is 0 Å². The number of aliphatic hydroxyl groups excluding tert-OH is 1. The third kappa shape index (κ3) is 5.43. The molecule has 1 saturated carbocycles. The number of ether oxygens (including phenoxy) is 1. The minimum absolute atomic E-state index is 0.0882. The molecule has 0 bridgehead atoms. The summed E-state index contributed by atoms with van der Waals surface area (Å²) >= 11 is 0. The highest BCUT2D eigenvalue weighted by Crippen LogP contribution is 2.32. The van der Waals surface area contributed by atoms with Crippen molar-refractivity contribution >= 4 is 17.5 Å². The maximum absolute atomic E-state index is 12.5. The van der Waals surface area contributed by atoms with Gasteiger partial charge < -0.3 is 20.5 Å². The molecule has 0 spiro atoms. The van der Waals surface area contributed by atoms with E-state index in [1.165, 1.54) is 0 Å². The maximum Gasteiger partial charge on any atom is 0.416 e. The lowest BCUT2D eigenvalue weighted by molar-refractivity contribution is -0.137. The molecule has 3 N–H and O–H groups in total. The molecule has 0 atom stereocenters. The molecule has 1 aromatic carbocycles. The van der Waals surface area contributed by atoms with Gasteiger partial charge in [0.1, 0.15) is 0 Å². The Balaban J connectivity index is 1.88. The van der Waals surface area contributed by atoms with Crippen molar-refractivity contribution < 1.29 is 32.6 Å². The fourth-order valence-corrected chi connectivity index (χ4v) is 2.91. The molecule has 0 unspecified atom stereocenters. The highest BCUT2D eigenvalue weighted by atomic mass is 19.4. The predicted octanol–water partition coefficient (Wildman–Crippen LogP) is 2.08. The van der Waals surface area contributed by atoms with Gasteiger partial charge in [0.15, 0.2) is 0 Å². The number of nitrogens with one attached hydrogen (secondary N) is 2. The molecule has 0 aliphatic heterocycles. The number of carbonyl (C=O) groups is 2. The van der Waals surface area contributed by atoms with Gasteiger partial charge in [-0.2, -0.15) is 13.2 Å². The summed E-state index contributed by atoms with van der Waals surface area (Å²) in [7, 11) is 0. The summed E-state index contributed by atoms with van der Waals surface area (Å²) in [6.07, 6.45) is -1.18. The van der Waals surface area contributed by atoms with Gasteiger partial charge in [-0.15, -0.1) is 0 Å². The Bertz CT molecular complexity index is 626. The van der Waals surface area contributed by atoms with E-state index in [1.807, 2.05) is 0 Å². The lowest BCUT2D eigenvalue weighted by atomic mass is 10.0. The van der Waals surface area contributed by atoms with Crippen LogP contribution in [0.4, 0.5) is 18.9 Å². The smallest absolute Gasteiger partial charge is 0.394 e. The average Bonchev–Trinajstić information content (AvgIpc) is 3.07. The topological polar surface area (TPSA) is 87.7 Å². The van der Waals surface area contributed by atoms with E-state index in [0.29, 0.717) is 12.8 Å². The van der Waals surface area contributed by atoms with Gasteiger partial charge >= 0.3 is 18.0 Å². The molecule has 2 amide bonds. The Labute approximate surface area is 148 Å². The molecule has 0 aromatic heterocycles. The Kier molecular flexibility index (Phi) is 6.60. The second-order valence-corrected chi connectivity index (χ2v) is 6.17. The van der Waals surface area contributed by atoms with E-state index < -0.39 is 29.2 Å². The summed E-state index contributed by atoms with van der Waals surface area (Å²) in [5.74, 6) is -1.87. The average molecular weight is 374 g/mol. The standard InChI is InChI=1S/C17H21F3N2O4/c18-17(19,20)12-3-5-13(6-4-12)22-15(25)14(24)21-11-16(26-10-9-23)7-1-2-8-16/h3-6,23H,1-2,7-11H2,(H,21,24)(H,22,25). The first-order chi connectivity index (χ1) is 12.3. The van der Waals surface area contributed by atoms with E-state index in [1.54, 1.807) is 0 Å². The summed E-state index contributed by atoms with van der Waals surface area (Å²) in [6, 6.07) is 3.81. The highest BCUT2D eigenvalue weighted by Gasteiger charge is 2.35. The zero-order valence-electron chi connectivity index (χ0n) is 14.1. The van der Waals surface area contributed by atoms with Crippen molar-refractivity contribution in [1.82, 2.24) is 5.32 Å². The first-order valence-corrected chi connectivity index (χ1v) is 8.27. The Hall–Kier alpha value is -2.13. The van der Waals surface area contributed by atoms with E-state index in [2.05, 4.69) is 10.6 Å². The van der Waals surface area contributed by atoms with Crippen LogP contribution in [-0.4, -0.2) is 42.3 Å². The molecule has 9 heteroatoms. The molecule has 1 fully saturated rings. The lowest BCUT2D eigenvalue weighted by Gasteiger charge is -2.29. The van der Waals surface area contributed by atoms with E-state index in [9.17, 15) is 22.8 Å². The van der Waals surface area contributed by atoms with Crippen LogP contribution >= 0.6 is 0 Å². The van der Waals surface area contributed by atoms with E-state index in [4.69, 9.17) is 9.84 Å². The van der Waals surface area contributed by atoms with Gasteiger partial charge in [0, 0.05) is 12.2 Å². The van der Waals surface area contributed by atoms with Crippen molar-refractivity contribution in [1.29, 1.82) is 0 Å². The van der Waals surface area contributed by atoms with Crippen molar-refractivity contribution in [3.8, 4) is 0 Å². The first-order valence-electron chi connectivity index (χ1n) is 8.27. The fourth-order valence-electron chi connectivity index (χ4n) is 2.91.